The quantitative estimate of drug-likeness (QED) is 0.381. The first-order valence-electron chi connectivity index (χ1n) is 10.4. The van der Waals surface area contributed by atoms with E-state index in [0.29, 0.717) is 17.8 Å². The van der Waals surface area contributed by atoms with Gasteiger partial charge in [0, 0.05) is 58.1 Å². The van der Waals surface area contributed by atoms with E-state index in [-0.39, 0.29) is 22.8 Å². The molecule has 0 saturated carbocycles. The molecular formula is C23H32FN7. The molecule has 0 unspecified atom stereocenters. The van der Waals surface area contributed by atoms with E-state index < -0.39 is 5.83 Å². The van der Waals surface area contributed by atoms with Gasteiger partial charge >= 0.3 is 0 Å². The number of hydrogen-bond donors (Lipinski definition) is 4. The Bertz CT molecular complexity index is 953. The summed E-state index contributed by atoms with van der Waals surface area (Å²) in [6.07, 6.45) is 1.81. The minimum Gasteiger partial charge on any atom is -0.396 e. The summed E-state index contributed by atoms with van der Waals surface area (Å²) in [6, 6.07) is 12.4. The summed E-state index contributed by atoms with van der Waals surface area (Å²) < 4.78 is 17.4. The van der Waals surface area contributed by atoms with Crippen molar-refractivity contribution in [3.05, 3.63) is 77.1 Å². The van der Waals surface area contributed by atoms with Crippen LogP contribution in [0.3, 0.4) is 0 Å². The van der Waals surface area contributed by atoms with Crippen LogP contribution in [-0.2, 0) is 7.05 Å². The van der Waals surface area contributed by atoms with E-state index in [2.05, 4.69) is 22.2 Å². The van der Waals surface area contributed by atoms with Crippen LogP contribution in [0.15, 0.2) is 65.9 Å². The fourth-order valence-corrected chi connectivity index (χ4v) is 3.60. The Morgan fingerprint density at radius 2 is 1.71 bits per heavy atom. The SMILES string of the molecule is CN1CCN(CCN/C(N)=C(C(=N)c2cccn2C)/C(F)=C(\N)c2ccccc2)CC1. The van der Waals surface area contributed by atoms with Crippen LogP contribution < -0.4 is 16.8 Å². The third-order valence-corrected chi connectivity index (χ3v) is 5.60. The summed E-state index contributed by atoms with van der Waals surface area (Å²) in [6.45, 7) is 5.38. The first-order valence-corrected chi connectivity index (χ1v) is 10.4. The number of nitrogens with one attached hydrogen (secondary N) is 2. The monoisotopic (exact) mass is 425 g/mol. The average Bonchev–Trinajstić information content (AvgIpc) is 3.21. The third-order valence-electron chi connectivity index (χ3n) is 5.60. The van der Waals surface area contributed by atoms with Crippen molar-refractivity contribution < 1.29 is 4.39 Å². The highest BCUT2D eigenvalue weighted by atomic mass is 19.1. The van der Waals surface area contributed by atoms with Gasteiger partial charge in [0.25, 0.3) is 0 Å². The molecule has 0 atom stereocenters. The van der Waals surface area contributed by atoms with Gasteiger partial charge in [-0.1, -0.05) is 30.3 Å². The summed E-state index contributed by atoms with van der Waals surface area (Å²) in [5, 5.41) is 11.8. The summed E-state index contributed by atoms with van der Waals surface area (Å²) in [4.78, 5) is 4.64. The van der Waals surface area contributed by atoms with Gasteiger partial charge in [0.15, 0.2) is 5.83 Å². The maximum absolute atomic E-state index is 15.6. The molecule has 166 valence electrons. The molecule has 0 bridgehead atoms. The van der Waals surface area contributed by atoms with Gasteiger partial charge in [-0.2, -0.15) is 0 Å². The molecule has 2 heterocycles. The number of rotatable bonds is 8. The van der Waals surface area contributed by atoms with Crippen molar-refractivity contribution in [2.75, 3.05) is 46.3 Å². The van der Waals surface area contributed by atoms with Crippen LogP contribution in [0, 0.1) is 5.41 Å². The number of piperazine rings is 1. The van der Waals surface area contributed by atoms with Crippen molar-refractivity contribution in [2.24, 2.45) is 18.5 Å². The summed E-state index contributed by atoms with van der Waals surface area (Å²) in [5.41, 5.74) is 13.4. The molecule has 0 spiro atoms. The molecular weight excluding hydrogens is 393 g/mol. The van der Waals surface area contributed by atoms with E-state index in [4.69, 9.17) is 16.9 Å². The molecule has 0 aliphatic carbocycles. The second kappa shape index (κ2) is 10.3. The number of halogens is 1. The molecule has 0 radical (unpaired) electrons. The highest BCUT2D eigenvalue weighted by molar-refractivity contribution is 6.13. The van der Waals surface area contributed by atoms with Crippen molar-refractivity contribution >= 4 is 11.4 Å². The van der Waals surface area contributed by atoms with Gasteiger partial charge in [0.1, 0.15) is 5.82 Å². The zero-order chi connectivity index (χ0) is 22.4. The highest BCUT2D eigenvalue weighted by Crippen LogP contribution is 2.25. The molecule has 1 aromatic heterocycles. The van der Waals surface area contributed by atoms with Crippen molar-refractivity contribution in [1.29, 1.82) is 5.41 Å². The molecule has 1 aliphatic heterocycles. The minimum absolute atomic E-state index is 0.0199. The highest BCUT2D eigenvalue weighted by Gasteiger charge is 2.22. The Hall–Kier alpha value is -3.10. The average molecular weight is 426 g/mol. The molecule has 1 saturated heterocycles. The van der Waals surface area contributed by atoms with Crippen LogP contribution in [0.4, 0.5) is 4.39 Å². The van der Waals surface area contributed by atoms with E-state index in [1.807, 2.05) is 6.07 Å². The lowest BCUT2D eigenvalue weighted by Crippen LogP contribution is -2.46. The predicted octanol–water partition coefficient (Wildman–Crippen LogP) is 1.70. The van der Waals surface area contributed by atoms with Crippen LogP contribution in [0.2, 0.25) is 0 Å². The Morgan fingerprint density at radius 1 is 1.03 bits per heavy atom. The standard InChI is InChI=1S/C23H32FN7/c1-29-13-15-31(16-14-29)12-10-28-23(27)19(22(26)18-9-6-11-30(18)2)20(24)21(25)17-7-4-3-5-8-17/h3-9,11,26,28H,10,12-16,25,27H2,1-2H3/b21-20+,23-19-,26-22?. The molecule has 0 amide bonds. The second-order valence-electron chi connectivity index (χ2n) is 7.83. The van der Waals surface area contributed by atoms with Gasteiger partial charge in [0.2, 0.25) is 0 Å². The van der Waals surface area contributed by atoms with Gasteiger partial charge in [-0.3, -0.25) is 10.3 Å². The number of aryl methyl sites for hydroxylation is 1. The van der Waals surface area contributed by atoms with Gasteiger partial charge < -0.3 is 26.3 Å². The third kappa shape index (κ3) is 5.53. The van der Waals surface area contributed by atoms with E-state index in [1.54, 1.807) is 54.2 Å². The normalized spacial score (nSPS) is 17.1. The van der Waals surface area contributed by atoms with Gasteiger partial charge in [-0.25, -0.2) is 4.39 Å². The Kier molecular flexibility index (Phi) is 7.49. The second-order valence-corrected chi connectivity index (χ2v) is 7.83. The number of hydrogen-bond acceptors (Lipinski definition) is 6. The van der Waals surface area contributed by atoms with Crippen molar-refractivity contribution in [3.63, 3.8) is 0 Å². The molecule has 1 aliphatic rings. The smallest absolute Gasteiger partial charge is 0.159 e. The Labute approximate surface area is 183 Å². The molecule has 7 nitrogen and oxygen atoms in total. The first kappa shape index (κ1) is 22.6. The number of benzene rings is 1. The topological polar surface area (TPSA) is 99.3 Å². The minimum atomic E-state index is -0.706. The van der Waals surface area contributed by atoms with Crippen LogP contribution in [0.5, 0.6) is 0 Å². The lowest BCUT2D eigenvalue weighted by atomic mass is 10.0. The predicted molar refractivity (Wildman–Crippen MR) is 124 cm³/mol. The van der Waals surface area contributed by atoms with Crippen molar-refractivity contribution in [3.8, 4) is 0 Å². The Morgan fingerprint density at radius 3 is 2.32 bits per heavy atom. The van der Waals surface area contributed by atoms with E-state index >= 15 is 4.39 Å². The summed E-state index contributed by atoms with van der Waals surface area (Å²) in [5.74, 6) is -0.598. The number of likely N-dealkylation sites (N-methyl/N-ethyl adjacent to an activating group) is 1. The maximum Gasteiger partial charge on any atom is 0.159 e. The van der Waals surface area contributed by atoms with Gasteiger partial charge in [-0.15, -0.1) is 0 Å². The largest absolute Gasteiger partial charge is 0.396 e. The van der Waals surface area contributed by atoms with Crippen LogP contribution >= 0.6 is 0 Å². The zero-order valence-corrected chi connectivity index (χ0v) is 18.2. The van der Waals surface area contributed by atoms with Crippen LogP contribution in [0.25, 0.3) is 5.70 Å². The van der Waals surface area contributed by atoms with Crippen LogP contribution in [0.1, 0.15) is 11.3 Å². The number of nitrogens with two attached hydrogens (primary N) is 2. The lowest BCUT2D eigenvalue weighted by molar-refractivity contribution is 0.155. The van der Waals surface area contributed by atoms with Crippen LogP contribution in [-0.4, -0.2) is 66.4 Å². The molecule has 8 heteroatoms. The van der Waals surface area contributed by atoms with E-state index in [9.17, 15) is 0 Å². The van der Waals surface area contributed by atoms with E-state index in [1.165, 1.54) is 0 Å². The number of aromatic nitrogens is 1. The van der Waals surface area contributed by atoms with Gasteiger partial charge in [-0.05, 0) is 19.2 Å². The fraction of sp³-hybridized carbons (Fsp3) is 0.348. The summed E-state index contributed by atoms with van der Waals surface area (Å²) >= 11 is 0. The van der Waals surface area contributed by atoms with Gasteiger partial charge in [0.05, 0.1) is 22.7 Å². The molecule has 31 heavy (non-hydrogen) atoms. The molecule has 3 rings (SSSR count). The fourth-order valence-electron chi connectivity index (χ4n) is 3.60. The molecule has 6 N–H and O–H groups in total. The maximum atomic E-state index is 15.6. The first-order chi connectivity index (χ1) is 14.9. The molecule has 2 aromatic rings. The zero-order valence-electron chi connectivity index (χ0n) is 18.2. The molecule has 1 aromatic carbocycles. The van der Waals surface area contributed by atoms with Crippen molar-refractivity contribution in [2.45, 2.75) is 0 Å². The number of allylic oxidation sites excluding steroid dienone is 2. The Balaban J connectivity index is 1.86. The van der Waals surface area contributed by atoms with Crippen molar-refractivity contribution in [1.82, 2.24) is 19.7 Å². The lowest BCUT2D eigenvalue weighted by Gasteiger charge is -2.32. The molecule has 1 fully saturated rings. The van der Waals surface area contributed by atoms with E-state index in [0.717, 1.165) is 32.7 Å². The summed E-state index contributed by atoms with van der Waals surface area (Å²) in [7, 11) is 3.92. The number of nitrogens with zero attached hydrogens (tertiary/aromatic N) is 3.